The molecule has 0 aliphatic heterocycles. The molecule has 0 radical (unpaired) electrons. The van der Waals surface area contributed by atoms with Gasteiger partial charge in [0.25, 0.3) is 0 Å². The molecule has 4 nitrogen and oxygen atoms in total. The number of thiocarbonyl (C=S) groups is 1. The van der Waals surface area contributed by atoms with Crippen molar-refractivity contribution in [1.82, 2.24) is 10.6 Å². The third-order valence-electron chi connectivity index (χ3n) is 1.65. The first-order valence-corrected chi connectivity index (χ1v) is 4.26. The first-order valence-electron chi connectivity index (χ1n) is 3.85. The number of carbonyl (C=O) groups excluding carboxylic acids is 1. The molecule has 1 aliphatic rings. The topological polar surface area (TPSA) is 50.4 Å². The van der Waals surface area contributed by atoms with Crippen molar-refractivity contribution in [2.45, 2.75) is 12.8 Å². The van der Waals surface area contributed by atoms with E-state index in [2.05, 4.69) is 15.4 Å². The number of amides is 1. The monoisotopic (exact) mass is 188 g/mol. The highest BCUT2D eigenvalue weighted by molar-refractivity contribution is 7.80. The van der Waals surface area contributed by atoms with Gasteiger partial charge in [-0.15, -0.1) is 0 Å². The van der Waals surface area contributed by atoms with Gasteiger partial charge >= 0.3 is 6.09 Å². The summed E-state index contributed by atoms with van der Waals surface area (Å²) in [7, 11) is 1.30. The molecule has 1 rings (SSSR count). The second kappa shape index (κ2) is 4.25. The fourth-order valence-corrected chi connectivity index (χ4v) is 0.914. The molecule has 2 N–H and O–H groups in total. The fraction of sp³-hybridized carbons (Fsp3) is 0.714. The fourth-order valence-electron chi connectivity index (χ4n) is 0.747. The molecule has 1 amide bonds. The Hall–Kier alpha value is -0.840. The van der Waals surface area contributed by atoms with Crippen LogP contribution in [-0.4, -0.2) is 24.9 Å². The lowest BCUT2D eigenvalue weighted by Gasteiger charge is -2.06. The molecular formula is C7H12N2O2S. The SMILES string of the molecule is COC(=O)NC(=S)NCC1CC1. The Balaban J connectivity index is 2.05. The molecule has 0 bridgehead atoms. The predicted octanol–water partition coefficient (Wildman–Crippen LogP) is 0.627. The predicted molar refractivity (Wildman–Crippen MR) is 48.9 cm³/mol. The third-order valence-corrected chi connectivity index (χ3v) is 1.90. The average molecular weight is 188 g/mol. The van der Waals surface area contributed by atoms with E-state index in [9.17, 15) is 4.79 Å². The van der Waals surface area contributed by atoms with Crippen LogP contribution in [0.3, 0.4) is 0 Å². The smallest absolute Gasteiger partial charge is 0.413 e. The molecule has 0 spiro atoms. The second-order valence-electron chi connectivity index (χ2n) is 2.77. The van der Waals surface area contributed by atoms with E-state index < -0.39 is 6.09 Å². The van der Waals surface area contributed by atoms with Crippen molar-refractivity contribution in [1.29, 1.82) is 0 Å². The van der Waals surface area contributed by atoms with Crippen LogP contribution in [0.4, 0.5) is 4.79 Å². The molecule has 0 unspecified atom stereocenters. The molecule has 0 aromatic rings. The van der Waals surface area contributed by atoms with E-state index in [0.29, 0.717) is 5.11 Å². The van der Waals surface area contributed by atoms with Gasteiger partial charge in [0.05, 0.1) is 7.11 Å². The number of methoxy groups -OCH3 is 1. The first kappa shape index (κ1) is 9.25. The van der Waals surface area contributed by atoms with Crippen molar-refractivity contribution in [3.63, 3.8) is 0 Å². The van der Waals surface area contributed by atoms with Crippen molar-refractivity contribution in [3.8, 4) is 0 Å². The van der Waals surface area contributed by atoms with Crippen molar-refractivity contribution < 1.29 is 9.53 Å². The normalized spacial score (nSPS) is 15.1. The average Bonchev–Trinajstić information content (AvgIpc) is 2.83. The molecule has 0 atom stereocenters. The van der Waals surface area contributed by atoms with Crippen LogP contribution in [0, 0.1) is 5.92 Å². The number of alkyl carbamates (subject to hydrolysis) is 1. The summed E-state index contributed by atoms with van der Waals surface area (Å²) in [5.74, 6) is 0.738. The summed E-state index contributed by atoms with van der Waals surface area (Å²) >= 11 is 4.82. The molecule has 5 heteroatoms. The lowest BCUT2D eigenvalue weighted by Crippen LogP contribution is -2.39. The van der Waals surface area contributed by atoms with Gasteiger partial charge in [-0.25, -0.2) is 4.79 Å². The maximum atomic E-state index is 10.6. The van der Waals surface area contributed by atoms with Gasteiger partial charge in [0.15, 0.2) is 5.11 Å². The zero-order valence-corrected chi connectivity index (χ0v) is 7.74. The van der Waals surface area contributed by atoms with Crippen LogP contribution in [-0.2, 0) is 4.74 Å². The Labute approximate surface area is 76.7 Å². The Bertz CT molecular complexity index is 192. The van der Waals surface area contributed by atoms with E-state index in [4.69, 9.17) is 12.2 Å². The summed E-state index contributed by atoms with van der Waals surface area (Å²) in [4.78, 5) is 10.6. The van der Waals surface area contributed by atoms with Crippen molar-refractivity contribution in [2.75, 3.05) is 13.7 Å². The lowest BCUT2D eigenvalue weighted by atomic mass is 10.4. The van der Waals surface area contributed by atoms with Crippen molar-refractivity contribution >= 4 is 23.4 Å². The summed E-state index contributed by atoms with van der Waals surface area (Å²) < 4.78 is 4.37. The Morgan fingerprint density at radius 1 is 1.67 bits per heavy atom. The first-order chi connectivity index (χ1) is 5.72. The van der Waals surface area contributed by atoms with E-state index in [0.717, 1.165) is 12.5 Å². The minimum absolute atomic E-state index is 0.341. The third kappa shape index (κ3) is 3.52. The Morgan fingerprint density at radius 2 is 2.33 bits per heavy atom. The van der Waals surface area contributed by atoms with Crippen LogP contribution >= 0.6 is 12.2 Å². The number of nitrogens with one attached hydrogen (secondary N) is 2. The van der Waals surface area contributed by atoms with Crippen molar-refractivity contribution in [2.24, 2.45) is 5.92 Å². The van der Waals surface area contributed by atoms with E-state index in [1.807, 2.05) is 0 Å². The van der Waals surface area contributed by atoms with Gasteiger partial charge in [-0.3, -0.25) is 5.32 Å². The van der Waals surface area contributed by atoms with Crippen LogP contribution < -0.4 is 10.6 Å². The summed E-state index contributed by atoms with van der Waals surface area (Å²) in [6.45, 7) is 0.850. The summed E-state index contributed by atoms with van der Waals surface area (Å²) in [6.07, 6.45) is 1.99. The number of hydrogen-bond acceptors (Lipinski definition) is 3. The molecule has 0 aromatic carbocycles. The minimum Gasteiger partial charge on any atom is -0.453 e. The van der Waals surface area contributed by atoms with E-state index in [-0.39, 0.29) is 0 Å². The van der Waals surface area contributed by atoms with Crippen LogP contribution in [0.1, 0.15) is 12.8 Å². The minimum atomic E-state index is -0.525. The number of rotatable bonds is 2. The standard InChI is InChI=1S/C7H12N2O2S/c1-11-7(10)9-6(12)8-4-5-2-3-5/h5H,2-4H2,1H3,(H2,8,9,10,12). The maximum Gasteiger partial charge on any atom is 0.413 e. The Kier molecular flexibility index (Phi) is 3.28. The number of ether oxygens (including phenoxy) is 1. The highest BCUT2D eigenvalue weighted by atomic mass is 32.1. The number of hydrogen-bond donors (Lipinski definition) is 2. The van der Waals surface area contributed by atoms with Gasteiger partial charge in [0.2, 0.25) is 0 Å². The molecular weight excluding hydrogens is 176 g/mol. The highest BCUT2D eigenvalue weighted by Crippen LogP contribution is 2.27. The summed E-state index contributed by atoms with van der Waals surface area (Å²) in [6, 6.07) is 0. The molecule has 0 aromatic heterocycles. The van der Waals surface area contributed by atoms with Gasteiger partial charge in [-0.2, -0.15) is 0 Å². The zero-order chi connectivity index (χ0) is 8.97. The van der Waals surface area contributed by atoms with Gasteiger partial charge in [0, 0.05) is 6.54 Å². The van der Waals surface area contributed by atoms with Gasteiger partial charge in [-0.05, 0) is 31.0 Å². The van der Waals surface area contributed by atoms with Crippen LogP contribution in [0.5, 0.6) is 0 Å². The summed E-state index contributed by atoms with van der Waals surface area (Å²) in [5.41, 5.74) is 0. The number of carbonyl (C=O) groups is 1. The van der Waals surface area contributed by atoms with Crippen LogP contribution in [0.2, 0.25) is 0 Å². The van der Waals surface area contributed by atoms with Crippen LogP contribution in [0.25, 0.3) is 0 Å². The molecule has 0 heterocycles. The molecule has 1 fully saturated rings. The maximum absolute atomic E-state index is 10.6. The molecule has 68 valence electrons. The van der Waals surface area contributed by atoms with Gasteiger partial charge in [-0.1, -0.05) is 0 Å². The van der Waals surface area contributed by atoms with E-state index in [1.54, 1.807) is 0 Å². The highest BCUT2D eigenvalue weighted by Gasteiger charge is 2.21. The van der Waals surface area contributed by atoms with Gasteiger partial charge in [0.1, 0.15) is 0 Å². The second-order valence-corrected chi connectivity index (χ2v) is 3.18. The van der Waals surface area contributed by atoms with Crippen molar-refractivity contribution in [3.05, 3.63) is 0 Å². The molecule has 1 aliphatic carbocycles. The van der Waals surface area contributed by atoms with Crippen LogP contribution in [0.15, 0.2) is 0 Å². The van der Waals surface area contributed by atoms with E-state index >= 15 is 0 Å². The van der Waals surface area contributed by atoms with Gasteiger partial charge < -0.3 is 10.1 Å². The lowest BCUT2D eigenvalue weighted by molar-refractivity contribution is 0.176. The quantitative estimate of drug-likeness (QED) is 0.624. The molecule has 0 saturated heterocycles. The Morgan fingerprint density at radius 3 is 2.83 bits per heavy atom. The zero-order valence-electron chi connectivity index (χ0n) is 6.92. The molecule has 1 saturated carbocycles. The van der Waals surface area contributed by atoms with E-state index in [1.165, 1.54) is 20.0 Å². The molecule has 12 heavy (non-hydrogen) atoms. The summed E-state index contributed by atoms with van der Waals surface area (Å²) in [5, 5.41) is 5.64. The largest absolute Gasteiger partial charge is 0.453 e.